The maximum atomic E-state index is 12.6. The molecular formula is C21H24N4O2S. The third-order valence-corrected chi connectivity index (χ3v) is 7.07. The highest BCUT2D eigenvalue weighted by Crippen LogP contribution is 2.39. The predicted octanol–water partition coefficient (Wildman–Crippen LogP) is 3.74. The fraction of sp³-hybridized carbons (Fsp3) is 0.524. The number of thiophene rings is 1. The van der Waals surface area contributed by atoms with Crippen molar-refractivity contribution in [1.82, 2.24) is 19.9 Å². The molecule has 5 rings (SSSR count). The Balaban J connectivity index is 1.43. The van der Waals surface area contributed by atoms with Crippen LogP contribution in [0.5, 0.6) is 0 Å². The molecule has 0 spiro atoms. The van der Waals surface area contributed by atoms with E-state index in [0.29, 0.717) is 12.5 Å². The average Bonchev–Trinajstić information content (AvgIpc) is 3.35. The molecule has 1 amide bonds. The Labute approximate surface area is 167 Å². The summed E-state index contributed by atoms with van der Waals surface area (Å²) >= 11 is 1.70. The largest absolute Gasteiger partial charge is 0.368 e. The standard InChI is InChI=1S/C21H24N4O2S/c1-12-10-13(2)24-20-16(12)18-19(28-20)17(22-11-23-18)14-5-7-25(8-6-14)21(26)15-4-3-9-27-15/h10-11,14-15H,3-9H2,1-2H3. The SMILES string of the molecule is Cc1cc(C)c2c(n1)sc1c(C3CCN(C(=O)C4CCCO4)CC3)ncnc12. The van der Waals surface area contributed by atoms with Gasteiger partial charge in [-0.1, -0.05) is 0 Å². The molecule has 146 valence electrons. The second-order valence-corrected chi connectivity index (χ2v) is 8.90. The van der Waals surface area contributed by atoms with Gasteiger partial charge in [0.15, 0.2) is 0 Å². The Morgan fingerprint density at radius 2 is 2.04 bits per heavy atom. The second-order valence-electron chi connectivity index (χ2n) is 7.90. The van der Waals surface area contributed by atoms with E-state index in [2.05, 4.69) is 23.0 Å². The highest BCUT2D eigenvalue weighted by molar-refractivity contribution is 7.25. The van der Waals surface area contributed by atoms with Crippen LogP contribution in [0.4, 0.5) is 0 Å². The van der Waals surface area contributed by atoms with Crippen molar-refractivity contribution < 1.29 is 9.53 Å². The van der Waals surface area contributed by atoms with Gasteiger partial charge in [0.25, 0.3) is 5.91 Å². The van der Waals surface area contributed by atoms with E-state index in [1.807, 2.05) is 11.8 Å². The summed E-state index contributed by atoms with van der Waals surface area (Å²) < 4.78 is 6.73. The van der Waals surface area contributed by atoms with Crippen molar-refractivity contribution in [3.8, 4) is 0 Å². The molecule has 0 bridgehead atoms. The molecule has 1 unspecified atom stereocenters. The van der Waals surface area contributed by atoms with Gasteiger partial charge in [-0.25, -0.2) is 15.0 Å². The van der Waals surface area contributed by atoms with Crippen LogP contribution in [0.3, 0.4) is 0 Å². The summed E-state index contributed by atoms with van der Waals surface area (Å²) in [5, 5.41) is 1.15. The number of piperidine rings is 1. The van der Waals surface area contributed by atoms with Crippen molar-refractivity contribution in [3.63, 3.8) is 0 Å². The Bertz CT molecular complexity index is 1050. The summed E-state index contributed by atoms with van der Waals surface area (Å²) in [7, 11) is 0. The normalized spacial score (nSPS) is 21.1. The van der Waals surface area contributed by atoms with Gasteiger partial charge in [-0.15, -0.1) is 11.3 Å². The van der Waals surface area contributed by atoms with Crippen LogP contribution in [0.2, 0.25) is 0 Å². The molecule has 0 radical (unpaired) electrons. The monoisotopic (exact) mass is 396 g/mol. The predicted molar refractivity (Wildman–Crippen MR) is 110 cm³/mol. The van der Waals surface area contributed by atoms with Gasteiger partial charge in [0.1, 0.15) is 17.3 Å². The molecule has 0 saturated carbocycles. The maximum Gasteiger partial charge on any atom is 0.251 e. The molecule has 2 fully saturated rings. The lowest BCUT2D eigenvalue weighted by atomic mass is 9.92. The number of pyridine rings is 1. The molecular weight excluding hydrogens is 372 g/mol. The number of hydrogen-bond donors (Lipinski definition) is 0. The van der Waals surface area contributed by atoms with Crippen LogP contribution < -0.4 is 0 Å². The smallest absolute Gasteiger partial charge is 0.251 e. The third kappa shape index (κ3) is 2.97. The molecule has 0 aromatic carbocycles. The van der Waals surface area contributed by atoms with E-state index in [-0.39, 0.29) is 12.0 Å². The van der Waals surface area contributed by atoms with Crippen molar-refractivity contribution >= 4 is 37.7 Å². The van der Waals surface area contributed by atoms with Crippen molar-refractivity contribution in [3.05, 3.63) is 29.3 Å². The van der Waals surface area contributed by atoms with Gasteiger partial charge >= 0.3 is 0 Å². The highest BCUT2D eigenvalue weighted by Gasteiger charge is 2.32. The van der Waals surface area contributed by atoms with Crippen LogP contribution in [-0.4, -0.2) is 51.6 Å². The minimum absolute atomic E-state index is 0.168. The van der Waals surface area contributed by atoms with Crippen LogP contribution in [0, 0.1) is 13.8 Å². The Hall–Kier alpha value is -2.12. The molecule has 1 atom stereocenters. The van der Waals surface area contributed by atoms with Crippen molar-refractivity contribution in [2.45, 2.75) is 51.6 Å². The van der Waals surface area contributed by atoms with E-state index in [9.17, 15) is 4.79 Å². The number of amides is 1. The fourth-order valence-electron chi connectivity index (χ4n) is 4.57. The average molecular weight is 397 g/mol. The van der Waals surface area contributed by atoms with Gasteiger partial charge in [-0.05, 0) is 51.2 Å². The highest BCUT2D eigenvalue weighted by atomic mass is 32.1. The van der Waals surface area contributed by atoms with Crippen molar-refractivity contribution in [2.75, 3.05) is 19.7 Å². The molecule has 2 aliphatic heterocycles. The van der Waals surface area contributed by atoms with Gasteiger partial charge in [-0.3, -0.25) is 4.79 Å². The molecule has 3 aromatic heterocycles. The second kappa shape index (κ2) is 7.04. The van der Waals surface area contributed by atoms with Gasteiger partial charge in [0.2, 0.25) is 0 Å². The molecule has 5 heterocycles. The molecule has 7 heteroatoms. The van der Waals surface area contributed by atoms with Gasteiger partial charge in [0.05, 0.1) is 15.9 Å². The number of ether oxygens (including phenoxy) is 1. The number of carbonyl (C=O) groups excluding carboxylic acids is 1. The fourth-order valence-corrected chi connectivity index (χ4v) is 5.89. The topological polar surface area (TPSA) is 68.2 Å². The van der Waals surface area contributed by atoms with E-state index in [4.69, 9.17) is 9.72 Å². The summed E-state index contributed by atoms with van der Waals surface area (Å²) in [5.74, 6) is 0.523. The number of fused-ring (bicyclic) bond motifs is 3. The number of hydrogen-bond acceptors (Lipinski definition) is 6. The lowest BCUT2D eigenvalue weighted by Gasteiger charge is -2.33. The molecule has 28 heavy (non-hydrogen) atoms. The van der Waals surface area contributed by atoms with E-state index in [0.717, 1.165) is 70.6 Å². The van der Waals surface area contributed by atoms with E-state index in [1.54, 1.807) is 17.7 Å². The summed E-state index contributed by atoms with van der Waals surface area (Å²) in [6.45, 7) is 6.42. The van der Waals surface area contributed by atoms with Crippen LogP contribution in [0.25, 0.3) is 20.4 Å². The van der Waals surface area contributed by atoms with Crippen molar-refractivity contribution in [1.29, 1.82) is 0 Å². The zero-order valence-electron chi connectivity index (χ0n) is 16.3. The van der Waals surface area contributed by atoms with Crippen LogP contribution in [0.1, 0.15) is 48.6 Å². The third-order valence-electron chi connectivity index (χ3n) is 5.98. The number of aryl methyl sites for hydroxylation is 2. The first-order valence-electron chi connectivity index (χ1n) is 10.0. The number of nitrogens with zero attached hydrogens (tertiary/aromatic N) is 4. The van der Waals surface area contributed by atoms with E-state index >= 15 is 0 Å². The molecule has 6 nitrogen and oxygen atoms in total. The molecule has 0 N–H and O–H groups in total. The molecule has 2 aliphatic rings. The molecule has 2 saturated heterocycles. The summed E-state index contributed by atoms with van der Waals surface area (Å²) in [6, 6.07) is 2.12. The first-order valence-corrected chi connectivity index (χ1v) is 10.8. The Kier molecular flexibility index (Phi) is 4.51. The summed E-state index contributed by atoms with van der Waals surface area (Å²) in [5.41, 5.74) is 4.39. The zero-order valence-corrected chi connectivity index (χ0v) is 17.1. The minimum Gasteiger partial charge on any atom is -0.368 e. The van der Waals surface area contributed by atoms with Crippen molar-refractivity contribution in [2.24, 2.45) is 0 Å². The van der Waals surface area contributed by atoms with Gasteiger partial charge in [-0.2, -0.15) is 0 Å². The first kappa shape index (κ1) is 17.9. The molecule has 3 aromatic rings. The van der Waals surface area contributed by atoms with Crippen LogP contribution in [-0.2, 0) is 9.53 Å². The first-order chi connectivity index (χ1) is 13.6. The number of rotatable bonds is 2. The van der Waals surface area contributed by atoms with E-state index in [1.165, 1.54) is 5.56 Å². The van der Waals surface area contributed by atoms with Crippen LogP contribution in [0.15, 0.2) is 12.4 Å². The summed E-state index contributed by atoms with van der Waals surface area (Å²) in [6.07, 6.45) is 5.19. The summed E-state index contributed by atoms with van der Waals surface area (Å²) in [4.78, 5) is 29.6. The number of aromatic nitrogens is 3. The number of likely N-dealkylation sites (tertiary alicyclic amines) is 1. The lowest BCUT2D eigenvalue weighted by Crippen LogP contribution is -2.43. The van der Waals surface area contributed by atoms with Gasteiger partial charge < -0.3 is 9.64 Å². The quantitative estimate of drug-likeness (QED) is 0.660. The Morgan fingerprint density at radius 1 is 1.21 bits per heavy atom. The zero-order chi connectivity index (χ0) is 19.3. The molecule has 0 aliphatic carbocycles. The van der Waals surface area contributed by atoms with Crippen LogP contribution >= 0.6 is 11.3 Å². The maximum absolute atomic E-state index is 12.6. The lowest BCUT2D eigenvalue weighted by molar-refractivity contribution is -0.142. The van der Waals surface area contributed by atoms with Gasteiger partial charge in [0, 0.05) is 36.7 Å². The Morgan fingerprint density at radius 3 is 2.79 bits per heavy atom. The number of carbonyl (C=O) groups is 1. The minimum atomic E-state index is -0.220. The van der Waals surface area contributed by atoms with E-state index < -0.39 is 0 Å².